The van der Waals surface area contributed by atoms with Gasteiger partial charge in [-0.3, -0.25) is 9.59 Å². The van der Waals surface area contributed by atoms with Gasteiger partial charge in [-0.1, -0.05) is 94.8 Å². The number of esters is 1. The summed E-state index contributed by atoms with van der Waals surface area (Å²) in [5.41, 5.74) is 0.435. The molecule has 0 saturated carbocycles. The average molecular weight is 457 g/mol. The van der Waals surface area contributed by atoms with Gasteiger partial charge in [0.15, 0.2) is 13.7 Å². The second-order valence-corrected chi connectivity index (χ2v) is 9.82. The van der Waals surface area contributed by atoms with E-state index in [0.717, 1.165) is 0 Å². The molecule has 3 aromatic carbocycles. The highest BCUT2D eigenvalue weighted by Gasteiger charge is 2.31. The van der Waals surface area contributed by atoms with Crippen LogP contribution < -0.4 is 10.6 Å². The summed E-state index contributed by atoms with van der Waals surface area (Å²) in [4.78, 5) is 24.8. The first kappa shape index (κ1) is 20.2. The molecule has 0 amide bonds. The number of Topliss-reactive ketones (excluding diaryl/α,β-unsaturated/α-hetero) is 1. The van der Waals surface area contributed by atoms with Crippen molar-refractivity contribution in [2.75, 3.05) is 12.8 Å². The summed E-state index contributed by atoms with van der Waals surface area (Å²) in [6.07, 6.45) is -0.301. The normalized spacial score (nSPS) is 11.0. The van der Waals surface area contributed by atoms with E-state index in [-0.39, 0.29) is 11.9 Å². The van der Waals surface area contributed by atoms with Crippen molar-refractivity contribution in [2.24, 2.45) is 0 Å². The molecule has 3 aromatic rings. The van der Waals surface area contributed by atoms with Gasteiger partial charge in [-0.2, -0.15) is 0 Å². The van der Waals surface area contributed by atoms with Crippen molar-refractivity contribution in [3.05, 3.63) is 95.0 Å². The third-order valence-electron chi connectivity index (χ3n) is 4.24. The highest BCUT2D eigenvalue weighted by Crippen LogP contribution is 2.43. The molecule has 0 aliphatic heterocycles. The second kappa shape index (κ2) is 9.13. The predicted octanol–water partition coefficient (Wildman–Crippen LogP) is 4.19. The van der Waals surface area contributed by atoms with Crippen LogP contribution in [-0.2, 0) is 14.1 Å². The van der Waals surface area contributed by atoms with E-state index >= 15 is 0 Å². The van der Waals surface area contributed by atoms with Crippen molar-refractivity contribution in [1.29, 1.82) is 0 Å². The summed E-state index contributed by atoms with van der Waals surface area (Å²) in [7, 11) is -3.22. The van der Waals surface area contributed by atoms with Crippen molar-refractivity contribution < 1.29 is 18.9 Å². The van der Waals surface area contributed by atoms with E-state index in [4.69, 9.17) is 4.74 Å². The Morgan fingerprint density at radius 3 is 1.82 bits per heavy atom. The number of benzene rings is 3. The Morgan fingerprint density at radius 1 is 0.786 bits per heavy atom. The first-order chi connectivity index (χ1) is 13.5. The summed E-state index contributed by atoms with van der Waals surface area (Å²) in [6.45, 7) is -0.398. The molecule has 28 heavy (non-hydrogen) atoms. The van der Waals surface area contributed by atoms with Gasteiger partial charge in [-0.15, -0.1) is 0 Å². The van der Waals surface area contributed by atoms with Crippen LogP contribution in [0, 0.1) is 0 Å². The molecule has 142 valence electrons. The van der Waals surface area contributed by atoms with Crippen LogP contribution in [0.3, 0.4) is 0 Å². The maximum Gasteiger partial charge on any atom is 0.314 e. The van der Waals surface area contributed by atoms with Crippen LogP contribution >= 0.6 is 23.1 Å². The molecule has 0 saturated heterocycles. The smallest absolute Gasteiger partial charge is 0.314 e. The van der Waals surface area contributed by atoms with E-state index in [2.05, 4.69) is 15.9 Å². The summed E-state index contributed by atoms with van der Waals surface area (Å²) in [5.74, 6) is -0.994. The topological polar surface area (TPSA) is 60.4 Å². The molecule has 0 spiro atoms. The highest BCUT2D eigenvalue weighted by molar-refractivity contribution is 9.10. The number of carbonyl (C=O) groups is 2. The molecular formula is C22H18BrO4P. The summed E-state index contributed by atoms with van der Waals surface area (Å²) in [6, 6.07) is 24.7. The van der Waals surface area contributed by atoms with E-state index in [1.165, 1.54) is 0 Å². The quantitative estimate of drug-likeness (QED) is 0.303. The van der Waals surface area contributed by atoms with Crippen LogP contribution in [-0.4, -0.2) is 24.5 Å². The number of carbonyl (C=O) groups excluding carboxylic acids is 2. The Bertz CT molecular complexity index is 975. The van der Waals surface area contributed by atoms with Crippen molar-refractivity contribution in [1.82, 2.24) is 0 Å². The van der Waals surface area contributed by atoms with Crippen molar-refractivity contribution >= 4 is 45.4 Å². The van der Waals surface area contributed by atoms with E-state index in [9.17, 15) is 14.2 Å². The molecule has 0 aromatic heterocycles. The standard InChI is InChI=1S/C22H18BrO4P/c23-20-14-8-7-13-19(20)21(24)15-27-22(25)16-28(26,17-9-3-1-4-10-17)18-11-5-2-6-12-18/h1-14H,15-16H2. The zero-order chi connectivity index (χ0) is 20.0. The van der Waals surface area contributed by atoms with Crippen LogP contribution in [0.4, 0.5) is 0 Å². The van der Waals surface area contributed by atoms with E-state index in [1.54, 1.807) is 72.8 Å². The summed E-state index contributed by atoms with van der Waals surface area (Å²) >= 11 is 3.31. The van der Waals surface area contributed by atoms with Gasteiger partial charge in [0.1, 0.15) is 6.16 Å². The second-order valence-electron chi connectivity index (χ2n) is 6.13. The van der Waals surface area contributed by atoms with Gasteiger partial charge in [0.05, 0.1) is 0 Å². The van der Waals surface area contributed by atoms with Crippen LogP contribution in [0.2, 0.25) is 0 Å². The van der Waals surface area contributed by atoms with Crippen molar-refractivity contribution in [3.8, 4) is 0 Å². The lowest BCUT2D eigenvalue weighted by Gasteiger charge is -2.18. The van der Waals surface area contributed by atoms with Crippen LogP contribution in [0.25, 0.3) is 0 Å². The average Bonchev–Trinajstić information content (AvgIpc) is 2.73. The van der Waals surface area contributed by atoms with Gasteiger partial charge in [0, 0.05) is 20.6 Å². The van der Waals surface area contributed by atoms with Gasteiger partial charge in [0.25, 0.3) is 0 Å². The Kier molecular flexibility index (Phi) is 6.61. The lowest BCUT2D eigenvalue weighted by molar-refractivity contribution is -0.139. The fraction of sp³-hybridized carbons (Fsp3) is 0.0909. The molecule has 0 aliphatic carbocycles. The van der Waals surface area contributed by atoms with E-state index in [0.29, 0.717) is 20.6 Å². The Balaban J connectivity index is 1.77. The molecule has 6 heteroatoms. The monoisotopic (exact) mass is 456 g/mol. The molecule has 4 nitrogen and oxygen atoms in total. The number of hydrogen-bond acceptors (Lipinski definition) is 4. The van der Waals surface area contributed by atoms with Gasteiger partial charge < -0.3 is 9.30 Å². The third kappa shape index (κ3) is 4.67. The third-order valence-corrected chi connectivity index (χ3v) is 7.90. The SMILES string of the molecule is O=C(CP(=O)(c1ccccc1)c1ccccc1)OCC(=O)c1ccccc1Br. The van der Waals surface area contributed by atoms with Crippen molar-refractivity contribution in [3.63, 3.8) is 0 Å². The van der Waals surface area contributed by atoms with Gasteiger partial charge in [0.2, 0.25) is 5.78 Å². The van der Waals surface area contributed by atoms with Gasteiger partial charge in [-0.25, -0.2) is 0 Å². The minimum atomic E-state index is -3.22. The highest BCUT2D eigenvalue weighted by atomic mass is 79.9. The number of rotatable bonds is 7. The lowest BCUT2D eigenvalue weighted by atomic mass is 10.1. The fourth-order valence-corrected chi connectivity index (χ4v) is 5.74. The number of hydrogen-bond donors (Lipinski definition) is 0. The zero-order valence-corrected chi connectivity index (χ0v) is 17.4. The number of ketones is 1. The van der Waals surface area contributed by atoms with Gasteiger partial charge >= 0.3 is 5.97 Å². The zero-order valence-electron chi connectivity index (χ0n) is 15.0. The molecule has 0 radical (unpaired) electrons. The fourth-order valence-electron chi connectivity index (χ4n) is 2.81. The Labute approximate surface area is 172 Å². The van der Waals surface area contributed by atoms with E-state index in [1.807, 2.05) is 12.1 Å². The summed E-state index contributed by atoms with van der Waals surface area (Å²) < 4.78 is 19.6. The van der Waals surface area contributed by atoms with E-state index < -0.39 is 19.7 Å². The summed E-state index contributed by atoms with van der Waals surface area (Å²) in [5, 5.41) is 1.16. The minimum absolute atomic E-state index is 0.301. The molecule has 0 atom stereocenters. The van der Waals surface area contributed by atoms with Gasteiger partial charge in [-0.05, 0) is 6.07 Å². The van der Waals surface area contributed by atoms with Crippen LogP contribution in [0.5, 0.6) is 0 Å². The van der Waals surface area contributed by atoms with Crippen LogP contribution in [0.1, 0.15) is 10.4 Å². The van der Waals surface area contributed by atoms with Crippen LogP contribution in [0.15, 0.2) is 89.4 Å². The number of ether oxygens (including phenoxy) is 1. The molecule has 0 unspecified atom stereocenters. The predicted molar refractivity (Wildman–Crippen MR) is 114 cm³/mol. The number of halogens is 1. The Hall–Kier alpha value is -2.49. The maximum atomic E-state index is 13.8. The minimum Gasteiger partial charge on any atom is -0.457 e. The molecule has 3 rings (SSSR count). The molecule has 0 bridgehead atoms. The first-order valence-corrected chi connectivity index (χ1v) is 11.3. The largest absolute Gasteiger partial charge is 0.457 e. The molecular weight excluding hydrogens is 439 g/mol. The molecule has 0 aliphatic rings. The maximum absolute atomic E-state index is 13.8. The first-order valence-electron chi connectivity index (χ1n) is 8.64. The van der Waals surface area contributed by atoms with Crippen molar-refractivity contribution in [2.45, 2.75) is 0 Å². The Morgan fingerprint density at radius 2 is 1.29 bits per heavy atom. The molecule has 0 N–H and O–H groups in total. The lowest BCUT2D eigenvalue weighted by Crippen LogP contribution is -2.25. The molecule has 0 heterocycles. The molecule has 0 fully saturated rings.